The van der Waals surface area contributed by atoms with Crippen LogP contribution in [-0.4, -0.2) is 7.05 Å². The van der Waals surface area contributed by atoms with E-state index in [4.69, 9.17) is 0 Å². The highest BCUT2D eigenvalue weighted by Crippen LogP contribution is 2.22. The standard InChI is InChI=1S/C9H11FIN/c1-6(12-2)9-7(10)4-3-5-8(9)11/h3-6,12H,1-2H3/t6-/m1/s1. The van der Waals surface area contributed by atoms with Crippen molar-refractivity contribution in [3.05, 3.63) is 33.1 Å². The number of rotatable bonds is 2. The van der Waals surface area contributed by atoms with E-state index >= 15 is 0 Å². The van der Waals surface area contributed by atoms with Crippen LogP contribution in [0.25, 0.3) is 0 Å². The summed E-state index contributed by atoms with van der Waals surface area (Å²) in [4.78, 5) is 0. The van der Waals surface area contributed by atoms with Crippen LogP contribution in [0, 0.1) is 9.39 Å². The molecule has 0 aliphatic carbocycles. The maximum absolute atomic E-state index is 13.2. The molecule has 0 unspecified atom stereocenters. The molecule has 0 spiro atoms. The van der Waals surface area contributed by atoms with Crippen LogP contribution in [0.5, 0.6) is 0 Å². The van der Waals surface area contributed by atoms with E-state index in [0.717, 1.165) is 9.13 Å². The zero-order valence-corrected chi connectivity index (χ0v) is 9.22. The van der Waals surface area contributed by atoms with Gasteiger partial charge >= 0.3 is 0 Å². The number of benzene rings is 1. The summed E-state index contributed by atoms with van der Waals surface area (Å²) < 4.78 is 14.2. The molecule has 0 saturated carbocycles. The Morgan fingerprint density at radius 3 is 2.67 bits per heavy atom. The number of hydrogen-bond donors (Lipinski definition) is 1. The van der Waals surface area contributed by atoms with Crippen molar-refractivity contribution in [1.29, 1.82) is 0 Å². The second kappa shape index (κ2) is 4.18. The van der Waals surface area contributed by atoms with Crippen LogP contribution >= 0.6 is 22.6 Å². The Balaban J connectivity index is 3.12. The number of hydrogen-bond acceptors (Lipinski definition) is 1. The van der Waals surface area contributed by atoms with Gasteiger partial charge in [-0.15, -0.1) is 0 Å². The maximum Gasteiger partial charge on any atom is 0.129 e. The highest BCUT2D eigenvalue weighted by atomic mass is 127. The van der Waals surface area contributed by atoms with Crippen LogP contribution in [0.2, 0.25) is 0 Å². The highest BCUT2D eigenvalue weighted by molar-refractivity contribution is 14.1. The third kappa shape index (κ3) is 1.95. The minimum atomic E-state index is -0.135. The Kier molecular flexibility index (Phi) is 3.46. The molecule has 0 amide bonds. The molecule has 1 N–H and O–H groups in total. The largest absolute Gasteiger partial charge is 0.313 e. The molecule has 1 rings (SSSR count). The molecule has 0 radical (unpaired) electrons. The predicted octanol–water partition coefficient (Wildman–Crippen LogP) is 2.71. The SMILES string of the molecule is CN[C@H](C)c1c(F)cccc1I. The van der Waals surface area contributed by atoms with Gasteiger partial charge in [-0.3, -0.25) is 0 Å². The van der Waals surface area contributed by atoms with Crippen molar-refractivity contribution >= 4 is 22.6 Å². The lowest BCUT2D eigenvalue weighted by Gasteiger charge is -2.13. The van der Waals surface area contributed by atoms with Crippen molar-refractivity contribution in [2.45, 2.75) is 13.0 Å². The van der Waals surface area contributed by atoms with E-state index in [9.17, 15) is 4.39 Å². The first-order chi connectivity index (χ1) is 5.66. The van der Waals surface area contributed by atoms with Crippen molar-refractivity contribution in [1.82, 2.24) is 5.32 Å². The molecule has 0 heterocycles. The lowest BCUT2D eigenvalue weighted by molar-refractivity contribution is 0.559. The van der Waals surface area contributed by atoms with E-state index in [1.807, 2.05) is 20.0 Å². The van der Waals surface area contributed by atoms with Gasteiger partial charge in [0.05, 0.1) is 0 Å². The molecule has 1 nitrogen and oxygen atoms in total. The van der Waals surface area contributed by atoms with Gasteiger partial charge in [0.25, 0.3) is 0 Å². The summed E-state index contributed by atoms with van der Waals surface area (Å²) in [6.45, 7) is 1.95. The average molecular weight is 279 g/mol. The van der Waals surface area contributed by atoms with Gasteiger partial charge in [0.1, 0.15) is 5.82 Å². The van der Waals surface area contributed by atoms with Crippen molar-refractivity contribution in [3.8, 4) is 0 Å². The van der Waals surface area contributed by atoms with Gasteiger partial charge in [-0.05, 0) is 48.7 Å². The molecular weight excluding hydrogens is 268 g/mol. The normalized spacial score (nSPS) is 13.0. The fourth-order valence-electron chi connectivity index (χ4n) is 1.07. The van der Waals surface area contributed by atoms with Gasteiger partial charge in [0.2, 0.25) is 0 Å². The van der Waals surface area contributed by atoms with Crippen molar-refractivity contribution in [3.63, 3.8) is 0 Å². The summed E-state index contributed by atoms with van der Waals surface area (Å²) in [6.07, 6.45) is 0. The lowest BCUT2D eigenvalue weighted by Crippen LogP contribution is -2.15. The minimum absolute atomic E-state index is 0.0677. The molecule has 1 aromatic rings. The highest BCUT2D eigenvalue weighted by Gasteiger charge is 2.11. The Morgan fingerprint density at radius 1 is 1.50 bits per heavy atom. The molecule has 0 aliphatic heterocycles. The van der Waals surface area contributed by atoms with Crippen LogP contribution in [0.4, 0.5) is 4.39 Å². The molecule has 0 aliphatic rings. The Hall–Kier alpha value is -0.160. The van der Waals surface area contributed by atoms with E-state index in [2.05, 4.69) is 27.9 Å². The van der Waals surface area contributed by atoms with Gasteiger partial charge in [-0.2, -0.15) is 0 Å². The monoisotopic (exact) mass is 279 g/mol. The Bertz CT molecular complexity index is 255. The first-order valence-electron chi connectivity index (χ1n) is 3.78. The topological polar surface area (TPSA) is 12.0 Å². The van der Waals surface area contributed by atoms with Crippen LogP contribution in [0.3, 0.4) is 0 Å². The average Bonchev–Trinajstić information content (AvgIpc) is 2.03. The molecule has 12 heavy (non-hydrogen) atoms. The fourth-order valence-corrected chi connectivity index (χ4v) is 2.00. The van der Waals surface area contributed by atoms with Gasteiger partial charge in [0, 0.05) is 15.2 Å². The molecule has 66 valence electrons. The summed E-state index contributed by atoms with van der Waals surface area (Å²) in [5.74, 6) is -0.135. The van der Waals surface area contributed by atoms with Gasteiger partial charge in [-0.1, -0.05) is 6.07 Å². The zero-order chi connectivity index (χ0) is 9.14. The Morgan fingerprint density at radius 2 is 2.17 bits per heavy atom. The van der Waals surface area contributed by atoms with Crippen LogP contribution < -0.4 is 5.32 Å². The molecule has 1 atom stereocenters. The van der Waals surface area contributed by atoms with Crippen LogP contribution in [0.15, 0.2) is 18.2 Å². The summed E-state index contributed by atoms with van der Waals surface area (Å²) in [5.41, 5.74) is 0.751. The van der Waals surface area contributed by atoms with E-state index in [1.54, 1.807) is 6.07 Å². The van der Waals surface area contributed by atoms with E-state index in [0.29, 0.717) is 0 Å². The molecule has 0 saturated heterocycles. The first-order valence-corrected chi connectivity index (χ1v) is 4.86. The van der Waals surface area contributed by atoms with Gasteiger partial charge in [0.15, 0.2) is 0 Å². The molecule has 0 fully saturated rings. The summed E-state index contributed by atoms with van der Waals surface area (Å²) in [5, 5.41) is 3.02. The van der Waals surface area contributed by atoms with Gasteiger partial charge in [-0.25, -0.2) is 4.39 Å². The summed E-state index contributed by atoms with van der Waals surface area (Å²) in [6, 6.07) is 5.19. The fraction of sp³-hybridized carbons (Fsp3) is 0.333. The third-order valence-corrected chi connectivity index (χ3v) is 2.81. The van der Waals surface area contributed by atoms with Crippen LogP contribution in [-0.2, 0) is 0 Å². The molecule has 3 heteroatoms. The van der Waals surface area contributed by atoms with Crippen molar-refractivity contribution in [2.24, 2.45) is 0 Å². The zero-order valence-electron chi connectivity index (χ0n) is 7.07. The number of nitrogens with one attached hydrogen (secondary N) is 1. The van der Waals surface area contributed by atoms with Crippen molar-refractivity contribution in [2.75, 3.05) is 7.05 Å². The quantitative estimate of drug-likeness (QED) is 0.821. The lowest BCUT2D eigenvalue weighted by atomic mass is 10.1. The molecule has 0 bridgehead atoms. The number of halogens is 2. The molecule has 1 aromatic carbocycles. The third-order valence-electron chi connectivity index (χ3n) is 1.87. The van der Waals surface area contributed by atoms with Crippen molar-refractivity contribution < 1.29 is 4.39 Å². The van der Waals surface area contributed by atoms with E-state index in [-0.39, 0.29) is 11.9 Å². The predicted molar refractivity (Wildman–Crippen MR) is 56.6 cm³/mol. The summed E-state index contributed by atoms with van der Waals surface area (Å²) in [7, 11) is 1.83. The van der Waals surface area contributed by atoms with Crippen LogP contribution in [0.1, 0.15) is 18.5 Å². The maximum atomic E-state index is 13.2. The van der Waals surface area contributed by atoms with Gasteiger partial charge < -0.3 is 5.32 Å². The van der Waals surface area contributed by atoms with E-state index in [1.165, 1.54) is 6.07 Å². The second-order valence-electron chi connectivity index (χ2n) is 2.65. The summed E-state index contributed by atoms with van der Waals surface area (Å²) >= 11 is 2.14. The Labute approximate surface area is 85.5 Å². The second-order valence-corrected chi connectivity index (χ2v) is 3.81. The first kappa shape index (κ1) is 9.92. The molecule has 0 aromatic heterocycles. The smallest absolute Gasteiger partial charge is 0.129 e. The molecular formula is C9H11FIN. The minimum Gasteiger partial charge on any atom is -0.313 e. The van der Waals surface area contributed by atoms with E-state index < -0.39 is 0 Å².